The Hall–Kier alpha value is -4.28. The van der Waals surface area contributed by atoms with Crippen LogP contribution in [0.2, 0.25) is 5.02 Å². The van der Waals surface area contributed by atoms with E-state index in [9.17, 15) is 28.9 Å². The van der Waals surface area contributed by atoms with Crippen LogP contribution in [0.4, 0.5) is 27.1 Å². The van der Waals surface area contributed by atoms with Crippen LogP contribution >= 0.6 is 23.2 Å². The van der Waals surface area contributed by atoms with Gasteiger partial charge in [0.15, 0.2) is 0 Å². The van der Waals surface area contributed by atoms with Gasteiger partial charge in [0, 0.05) is 23.0 Å². The van der Waals surface area contributed by atoms with Gasteiger partial charge in [-0.05, 0) is 48.5 Å². The summed E-state index contributed by atoms with van der Waals surface area (Å²) in [5.41, 5.74) is -0.121. The highest BCUT2D eigenvalue weighted by molar-refractivity contribution is 6.53. The SMILES string of the molecule is O=C(Nc1ccc(Cl)c([N+](=O)[O-])c1)c1ccc(NC2=C(Cl)C(=O)N(c3ccccc3F)C2=O)cc1. The molecule has 3 aromatic carbocycles. The van der Waals surface area contributed by atoms with E-state index in [1.807, 2.05) is 0 Å². The number of nitrogens with one attached hydrogen (secondary N) is 2. The van der Waals surface area contributed by atoms with Gasteiger partial charge in [-0.25, -0.2) is 9.29 Å². The number of amides is 3. The monoisotopic (exact) mass is 514 g/mol. The van der Waals surface area contributed by atoms with E-state index < -0.39 is 33.5 Å². The number of benzene rings is 3. The summed E-state index contributed by atoms with van der Waals surface area (Å²) < 4.78 is 14.1. The third kappa shape index (κ3) is 4.70. The fourth-order valence-corrected chi connectivity index (χ4v) is 3.65. The van der Waals surface area contributed by atoms with Gasteiger partial charge < -0.3 is 10.6 Å². The zero-order chi connectivity index (χ0) is 25.3. The predicted molar refractivity (Wildman–Crippen MR) is 128 cm³/mol. The first-order chi connectivity index (χ1) is 16.7. The molecular formula is C23H13Cl2FN4O5. The van der Waals surface area contributed by atoms with Crippen molar-refractivity contribution in [1.29, 1.82) is 0 Å². The van der Waals surface area contributed by atoms with Crippen molar-refractivity contribution in [1.82, 2.24) is 0 Å². The highest BCUT2D eigenvalue weighted by atomic mass is 35.5. The van der Waals surface area contributed by atoms with E-state index in [2.05, 4.69) is 10.6 Å². The summed E-state index contributed by atoms with van der Waals surface area (Å²) in [4.78, 5) is 48.7. The Bertz CT molecular complexity index is 1430. The number of nitrogens with zero attached hydrogens (tertiary/aromatic N) is 2. The van der Waals surface area contributed by atoms with E-state index in [1.54, 1.807) is 0 Å². The molecule has 35 heavy (non-hydrogen) atoms. The summed E-state index contributed by atoms with van der Waals surface area (Å²) in [7, 11) is 0. The molecule has 0 saturated heterocycles. The standard InChI is InChI=1S/C23H13Cl2FN4O5/c24-15-10-9-14(11-18(15)30(34)35)28-21(31)12-5-7-13(8-6-12)27-20-19(25)22(32)29(23(20)33)17-4-2-1-3-16(17)26/h1-11,27H,(H,28,31). The van der Waals surface area contributed by atoms with Gasteiger partial charge in [-0.15, -0.1) is 0 Å². The van der Waals surface area contributed by atoms with E-state index in [0.717, 1.165) is 12.1 Å². The maximum absolute atomic E-state index is 14.1. The third-order valence-corrected chi connectivity index (χ3v) is 5.61. The predicted octanol–water partition coefficient (Wildman–Crippen LogP) is 5.08. The highest BCUT2D eigenvalue weighted by Gasteiger charge is 2.40. The zero-order valence-corrected chi connectivity index (χ0v) is 18.9. The minimum Gasteiger partial charge on any atom is -0.350 e. The Kier molecular flexibility index (Phi) is 6.50. The summed E-state index contributed by atoms with van der Waals surface area (Å²) in [6.45, 7) is 0. The molecule has 0 atom stereocenters. The lowest BCUT2D eigenvalue weighted by molar-refractivity contribution is -0.384. The van der Waals surface area contributed by atoms with Crippen molar-refractivity contribution in [2.24, 2.45) is 0 Å². The number of anilines is 3. The maximum Gasteiger partial charge on any atom is 0.289 e. The molecule has 176 valence electrons. The summed E-state index contributed by atoms with van der Waals surface area (Å²) in [5.74, 6) is -3.03. The van der Waals surface area contributed by atoms with Crippen molar-refractivity contribution in [3.05, 3.63) is 104 Å². The average molecular weight is 515 g/mol. The van der Waals surface area contributed by atoms with Crippen LogP contribution in [0, 0.1) is 15.9 Å². The van der Waals surface area contributed by atoms with E-state index >= 15 is 0 Å². The molecule has 0 aliphatic carbocycles. The molecule has 0 bridgehead atoms. The van der Waals surface area contributed by atoms with Crippen LogP contribution in [0.25, 0.3) is 0 Å². The average Bonchev–Trinajstić information content (AvgIpc) is 3.04. The molecule has 1 aliphatic heterocycles. The number of halogens is 3. The third-order valence-electron chi connectivity index (χ3n) is 4.94. The quantitative estimate of drug-likeness (QED) is 0.269. The fourth-order valence-electron chi connectivity index (χ4n) is 3.25. The van der Waals surface area contributed by atoms with E-state index in [-0.39, 0.29) is 33.3 Å². The Morgan fingerprint density at radius 2 is 1.60 bits per heavy atom. The maximum atomic E-state index is 14.1. The molecule has 0 fully saturated rings. The summed E-state index contributed by atoms with van der Waals surface area (Å²) in [5, 5.41) is 15.8. The first-order valence-electron chi connectivity index (χ1n) is 9.83. The number of nitro groups is 1. The van der Waals surface area contributed by atoms with E-state index in [0.29, 0.717) is 10.6 Å². The molecule has 12 heteroatoms. The van der Waals surface area contributed by atoms with Gasteiger partial charge in [0.25, 0.3) is 23.4 Å². The lowest BCUT2D eigenvalue weighted by Crippen LogP contribution is -2.33. The van der Waals surface area contributed by atoms with Crippen molar-refractivity contribution in [3.63, 3.8) is 0 Å². The molecule has 1 aliphatic rings. The van der Waals surface area contributed by atoms with E-state index in [1.165, 1.54) is 54.6 Å². The van der Waals surface area contributed by atoms with Gasteiger partial charge in [-0.3, -0.25) is 24.5 Å². The second kappa shape index (κ2) is 9.53. The second-order valence-corrected chi connectivity index (χ2v) is 7.95. The molecule has 0 spiro atoms. The van der Waals surface area contributed by atoms with Gasteiger partial charge in [0.1, 0.15) is 21.6 Å². The topological polar surface area (TPSA) is 122 Å². The van der Waals surface area contributed by atoms with Crippen LogP contribution in [0.3, 0.4) is 0 Å². The normalized spacial score (nSPS) is 13.3. The minimum absolute atomic E-state index is 0.0649. The van der Waals surface area contributed by atoms with Gasteiger partial charge in [0.05, 0.1) is 10.6 Å². The Balaban J connectivity index is 1.49. The lowest BCUT2D eigenvalue weighted by Gasteiger charge is -2.15. The summed E-state index contributed by atoms with van der Waals surface area (Å²) in [6.07, 6.45) is 0. The van der Waals surface area contributed by atoms with Crippen LogP contribution in [0.15, 0.2) is 77.5 Å². The van der Waals surface area contributed by atoms with Crippen LogP contribution in [0.1, 0.15) is 10.4 Å². The molecule has 0 radical (unpaired) electrons. The smallest absolute Gasteiger partial charge is 0.289 e. The minimum atomic E-state index is -0.877. The molecular weight excluding hydrogens is 502 g/mol. The Morgan fingerprint density at radius 1 is 0.943 bits per heavy atom. The van der Waals surface area contributed by atoms with Crippen LogP contribution in [-0.4, -0.2) is 22.6 Å². The summed E-state index contributed by atoms with van der Waals surface area (Å²) >= 11 is 11.8. The first-order valence-corrected chi connectivity index (χ1v) is 10.6. The number of carbonyl (C=O) groups excluding carboxylic acids is 3. The molecule has 2 N–H and O–H groups in total. The molecule has 9 nitrogen and oxygen atoms in total. The van der Waals surface area contributed by atoms with Crippen LogP contribution < -0.4 is 15.5 Å². The van der Waals surface area contributed by atoms with Gasteiger partial charge in [-0.2, -0.15) is 0 Å². The Morgan fingerprint density at radius 3 is 2.26 bits per heavy atom. The number of imide groups is 1. The van der Waals surface area contributed by atoms with E-state index in [4.69, 9.17) is 23.2 Å². The largest absolute Gasteiger partial charge is 0.350 e. The number of hydrogen-bond donors (Lipinski definition) is 2. The highest BCUT2D eigenvalue weighted by Crippen LogP contribution is 2.32. The molecule has 4 rings (SSSR count). The molecule has 0 aromatic heterocycles. The van der Waals surface area contributed by atoms with Crippen molar-refractivity contribution in [3.8, 4) is 0 Å². The van der Waals surface area contributed by atoms with Crippen LogP contribution in [-0.2, 0) is 9.59 Å². The van der Waals surface area contributed by atoms with Crippen molar-refractivity contribution in [2.45, 2.75) is 0 Å². The Labute approximate surface area is 206 Å². The molecule has 3 amide bonds. The number of nitro benzene ring substituents is 1. The lowest BCUT2D eigenvalue weighted by atomic mass is 10.1. The number of para-hydroxylation sites is 1. The second-order valence-electron chi connectivity index (χ2n) is 7.17. The van der Waals surface area contributed by atoms with Gasteiger partial charge in [0.2, 0.25) is 0 Å². The first kappa shape index (κ1) is 23.9. The van der Waals surface area contributed by atoms with Gasteiger partial charge >= 0.3 is 0 Å². The molecule has 1 heterocycles. The summed E-state index contributed by atoms with van der Waals surface area (Å²) in [6, 6.07) is 14.9. The number of carbonyl (C=O) groups is 3. The van der Waals surface area contributed by atoms with Crippen LogP contribution in [0.5, 0.6) is 0 Å². The molecule has 0 unspecified atom stereocenters. The van der Waals surface area contributed by atoms with Crippen molar-refractivity contribution < 1.29 is 23.7 Å². The zero-order valence-electron chi connectivity index (χ0n) is 17.4. The van der Waals surface area contributed by atoms with Crippen molar-refractivity contribution in [2.75, 3.05) is 15.5 Å². The molecule has 0 saturated carbocycles. The molecule has 3 aromatic rings. The van der Waals surface area contributed by atoms with Gasteiger partial charge in [-0.1, -0.05) is 35.3 Å². The van der Waals surface area contributed by atoms with Crippen molar-refractivity contribution >= 4 is 63.7 Å². The fraction of sp³-hybridized carbons (Fsp3) is 0. The number of hydrogen-bond acceptors (Lipinski definition) is 6. The number of rotatable bonds is 6.